The van der Waals surface area contributed by atoms with E-state index in [1.54, 1.807) is 0 Å². The summed E-state index contributed by atoms with van der Waals surface area (Å²) in [5.74, 6) is -0.525. The van der Waals surface area contributed by atoms with E-state index >= 15 is 0 Å². The molecule has 0 amide bonds. The van der Waals surface area contributed by atoms with Gasteiger partial charge in [-0.05, 0) is 70.1 Å². The van der Waals surface area contributed by atoms with Gasteiger partial charge in [-0.15, -0.1) is 6.58 Å². The number of carbonyl (C=O) groups excluding carboxylic acids is 1. The SMILES string of the molecule is C=CC1C(=C)CCC2C1C(OC(=O)C=C(C)C)CC1C(C)(C(=O)O)CCCC21C. The van der Waals surface area contributed by atoms with Crippen LogP contribution >= 0.6 is 0 Å². The van der Waals surface area contributed by atoms with Crippen LogP contribution in [0.2, 0.25) is 0 Å². The summed E-state index contributed by atoms with van der Waals surface area (Å²) in [6, 6.07) is 0. The molecular formula is C25H36O4. The molecular weight excluding hydrogens is 364 g/mol. The molecule has 0 spiro atoms. The lowest BCUT2D eigenvalue weighted by Crippen LogP contribution is -2.61. The van der Waals surface area contributed by atoms with Gasteiger partial charge >= 0.3 is 11.9 Å². The van der Waals surface area contributed by atoms with E-state index in [4.69, 9.17) is 4.74 Å². The van der Waals surface area contributed by atoms with Crippen LogP contribution < -0.4 is 0 Å². The smallest absolute Gasteiger partial charge is 0.330 e. The Bertz CT molecular complexity index is 746. The van der Waals surface area contributed by atoms with E-state index < -0.39 is 11.4 Å². The molecule has 4 heteroatoms. The first-order valence-corrected chi connectivity index (χ1v) is 10.9. The Balaban J connectivity index is 2.06. The Labute approximate surface area is 175 Å². The number of rotatable bonds is 4. The minimum absolute atomic E-state index is 0.0103. The summed E-state index contributed by atoms with van der Waals surface area (Å²) >= 11 is 0. The molecule has 0 aliphatic heterocycles. The van der Waals surface area contributed by atoms with Crippen molar-refractivity contribution < 1.29 is 19.4 Å². The molecule has 7 unspecified atom stereocenters. The number of esters is 1. The highest BCUT2D eigenvalue weighted by Crippen LogP contribution is 2.65. The molecule has 0 aromatic rings. The van der Waals surface area contributed by atoms with Crippen LogP contribution in [0.25, 0.3) is 0 Å². The topological polar surface area (TPSA) is 63.6 Å². The summed E-state index contributed by atoms with van der Waals surface area (Å²) in [7, 11) is 0. The lowest BCUT2D eigenvalue weighted by molar-refractivity contribution is -0.194. The summed E-state index contributed by atoms with van der Waals surface area (Å²) < 4.78 is 6.02. The van der Waals surface area contributed by atoms with Crippen molar-refractivity contribution in [1.82, 2.24) is 0 Å². The standard InChI is InChI=1S/C25H36O4/c1-7-17-16(4)9-10-18-22(17)19(29-21(26)13-15(2)3)14-20-24(18,5)11-8-12-25(20,6)23(27)28/h7,13,17-20,22H,1,4,8-12,14H2,2-3,5-6H3,(H,27,28). The van der Waals surface area contributed by atoms with Crippen LogP contribution in [-0.2, 0) is 14.3 Å². The van der Waals surface area contributed by atoms with Crippen molar-refractivity contribution in [2.75, 3.05) is 0 Å². The van der Waals surface area contributed by atoms with E-state index in [1.807, 2.05) is 26.8 Å². The number of hydrogen-bond donors (Lipinski definition) is 1. The predicted molar refractivity (Wildman–Crippen MR) is 114 cm³/mol. The molecule has 160 valence electrons. The van der Waals surface area contributed by atoms with Gasteiger partial charge in [-0.1, -0.05) is 37.1 Å². The van der Waals surface area contributed by atoms with Crippen molar-refractivity contribution >= 4 is 11.9 Å². The molecule has 0 saturated heterocycles. The summed E-state index contributed by atoms with van der Waals surface area (Å²) in [6.07, 6.45) is 8.34. The number of carbonyl (C=O) groups is 2. The minimum Gasteiger partial charge on any atom is -0.481 e. The monoisotopic (exact) mass is 400 g/mol. The molecule has 3 aliphatic rings. The van der Waals surface area contributed by atoms with Crippen LogP contribution in [0.3, 0.4) is 0 Å². The second-order valence-corrected chi connectivity index (χ2v) is 10.2. The van der Waals surface area contributed by atoms with Gasteiger partial charge in [0.2, 0.25) is 0 Å². The zero-order valence-electron chi connectivity index (χ0n) is 18.4. The van der Waals surface area contributed by atoms with Gasteiger partial charge in [-0.3, -0.25) is 4.79 Å². The number of carboxylic acid groups (broad SMARTS) is 1. The first-order valence-electron chi connectivity index (χ1n) is 10.9. The number of allylic oxidation sites excluding steroid dienone is 3. The molecule has 3 saturated carbocycles. The van der Waals surface area contributed by atoms with Crippen molar-refractivity contribution in [1.29, 1.82) is 0 Å². The fraction of sp³-hybridized carbons (Fsp3) is 0.680. The lowest BCUT2D eigenvalue weighted by Gasteiger charge is -2.62. The van der Waals surface area contributed by atoms with E-state index in [-0.39, 0.29) is 35.2 Å². The molecule has 0 radical (unpaired) electrons. The fourth-order valence-corrected chi connectivity index (χ4v) is 6.88. The molecule has 0 bridgehead atoms. The predicted octanol–water partition coefficient (Wildman–Crippen LogP) is 5.55. The van der Waals surface area contributed by atoms with Gasteiger partial charge in [0.25, 0.3) is 0 Å². The average Bonchev–Trinajstić information content (AvgIpc) is 2.62. The second-order valence-electron chi connectivity index (χ2n) is 10.2. The molecule has 7 atom stereocenters. The number of ether oxygens (including phenoxy) is 1. The van der Waals surface area contributed by atoms with Gasteiger partial charge in [0.05, 0.1) is 5.41 Å². The summed E-state index contributed by atoms with van der Waals surface area (Å²) in [5.41, 5.74) is 1.20. The van der Waals surface area contributed by atoms with Crippen LogP contribution in [-0.4, -0.2) is 23.1 Å². The van der Waals surface area contributed by atoms with Crippen LogP contribution in [0.1, 0.15) is 66.2 Å². The fourth-order valence-electron chi connectivity index (χ4n) is 6.88. The first-order chi connectivity index (χ1) is 13.5. The van der Waals surface area contributed by atoms with Gasteiger partial charge in [0, 0.05) is 17.9 Å². The quantitative estimate of drug-likeness (QED) is 0.382. The maximum Gasteiger partial charge on any atom is 0.330 e. The van der Waals surface area contributed by atoms with Gasteiger partial charge in [-0.25, -0.2) is 4.79 Å². The van der Waals surface area contributed by atoms with Crippen molar-refractivity contribution in [2.24, 2.45) is 34.5 Å². The Morgan fingerprint density at radius 1 is 1.24 bits per heavy atom. The third-order valence-electron chi connectivity index (χ3n) is 8.26. The van der Waals surface area contributed by atoms with Crippen LogP contribution in [0, 0.1) is 34.5 Å². The first kappa shape index (κ1) is 21.9. The second kappa shape index (κ2) is 7.77. The van der Waals surface area contributed by atoms with E-state index in [0.29, 0.717) is 18.8 Å². The van der Waals surface area contributed by atoms with Gasteiger partial charge in [0.1, 0.15) is 6.10 Å². The largest absolute Gasteiger partial charge is 0.481 e. The van der Waals surface area contributed by atoms with Crippen molar-refractivity contribution in [3.05, 3.63) is 36.5 Å². The highest BCUT2D eigenvalue weighted by atomic mass is 16.5. The maximum atomic E-state index is 12.5. The van der Waals surface area contributed by atoms with Crippen LogP contribution in [0.15, 0.2) is 36.5 Å². The van der Waals surface area contributed by atoms with Gasteiger partial charge in [-0.2, -0.15) is 0 Å². The zero-order valence-corrected chi connectivity index (χ0v) is 18.4. The number of hydrogen-bond acceptors (Lipinski definition) is 3. The number of carboxylic acids is 1. The number of aliphatic carboxylic acids is 1. The summed E-state index contributed by atoms with van der Waals surface area (Å²) in [5, 5.41) is 10.1. The molecule has 0 aromatic heterocycles. The van der Waals surface area contributed by atoms with Crippen molar-refractivity contribution in [3.8, 4) is 0 Å². The molecule has 4 nitrogen and oxygen atoms in total. The highest BCUT2D eigenvalue weighted by Gasteiger charge is 2.63. The third-order valence-corrected chi connectivity index (χ3v) is 8.26. The van der Waals surface area contributed by atoms with Gasteiger partial charge < -0.3 is 9.84 Å². The van der Waals surface area contributed by atoms with Gasteiger partial charge in [0.15, 0.2) is 0 Å². The normalized spacial score (nSPS) is 41.5. The summed E-state index contributed by atoms with van der Waals surface area (Å²) in [6.45, 7) is 16.3. The zero-order chi connectivity index (χ0) is 21.6. The molecule has 0 heterocycles. The lowest BCUT2D eigenvalue weighted by atomic mass is 9.42. The molecule has 3 aliphatic carbocycles. The number of fused-ring (bicyclic) bond motifs is 3. The van der Waals surface area contributed by atoms with E-state index in [1.165, 1.54) is 6.08 Å². The Hall–Kier alpha value is -1.84. The molecule has 0 aromatic carbocycles. The highest BCUT2D eigenvalue weighted by molar-refractivity contribution is 5.82. The van der Waals surface area contributed by atoms with E-state index in [0.717, 1.165) is 36.8 Å². The minimum atomic E-state index is -0.780. The van der Waals surface area contributed by atoms with E-state index in [9.17, 15) is 14.7 Å². The van der Waals surface area contributed by atoms with Crippen molar-refractivity contribution in [3.63, 3.8) is 0 Å². The Morgan fingerprint density at radius 3 is 2.52 bits per heavy atom. The molecule has 29 heavy (non-hydrogen) atoms. The van der Waals surface area contributed by atoms with E-state index in [2.05, 4.69) is 20.1 Å². The van der Waals surface area contributed by atoms with Crippen LogP contribution in [0.5, 0.6) is 0 Å². The average molecular weight is 401 g/mol. The molecule has 3 fully saturated rings. The molecule has 1 N–H and O–H groups in total. The molecule has 3 rings (SSSR count). The summed E-state index contributed by atoms with van der Waals surface area (Å²) in [4.78, 5) is 24.9. The third kappa shape index (κ3) is 3.60. The maximum absolute atomic E-state index is 12.5. The Morgan fingerprint density at radius 2 is 1.93 bits per heavy atom. The van der Waals surface area contributed by atoms with Crippen LogP contribution in [0.4, 0.5) is 0 Å². The van der Waals surface area contributed by atoms with Crippen molar-refractivity contribution in [2.45, 2.75) is 72.3 Å². The Kier molecular flexibility index (Phi) is 5.86.